The van der Waals surface area contributed by atoms with Gasteiger partial charge in [0.25, 0.3) is 5.91 Å². The predicted molar refractivity (Wildman–Crippen MR) is 147 cm³/mol. The molecule has 1 atom stereocenters. The average Bonchev–Trinajstić information content (AvgIpc) is 3.25. The van der Waals surface area contributed by atoms with Crippen LogP contribution in [0.1, 0.15) is 45.7 Å². The Morgan fingerprint density at radius 3 is 2.72 bits per heavy atom. The third kappa shape index (κ3) is 5.54. The number of aromatic nitrogens is 3. The zero-order valence-corrected chi connectivity index (χ0v) is 23.2. The largest absolute Gasteiger partial charge is 0.493 e. The van der Waals surface area contributed by atoms with E-state index in [-0.39, 0.29) is 5.91 Å². The van der Waals surface area contributed by atoms with Crippen LogP contribution in [0.25, 0.3) is 0 Å². The smallest absolute Gasteiger partial charge is 0.255 e. The Kier molecular flexibility index (Phi) is 8.58. The first-order valence-electron chi connectivity index (χ1n) is 12.0. The van der Waals surface area contributed by atoms with E-state index in [9.17, 15) is 4.79 Å². The van der Waals surface area contributed by atoms with E-state index >= 15 is 0 Å². The van der Waals surface area contributed by atoms with Crippen LogP contribution in [-0.2, 0) is 4.79 Å². The quantitative estimate of drug-likeness (QED) is 0.277. The molecule has 0 spiro atoms. The second kappa shape index (κ2) is 11.8. The van der Waals surface area contributed by atoms with Crippen LogP contribution in [0.4, 0.5) is 11.6 Å². The summed E-state index contributed by atoms with van der Waals surface area (Å²) in [6.07, 6.45) is 0.865. The summed E-state index contributed by atoms with van der Waals surface area (Å²) < 4.78 is 14.5. The summed E-state index contributed by atoms with van der Waals surface area (Å²) in [4.78, 5) is 18.5. The summed E-state index contributed by atoms with van der Waals surface area (Å²) in [6.45, 7) is 8.97. The number of carbonyl (C=O) groups is 1. The predicted octanol–water partition coefficient (Wildman–Crippen LogP) is 6.27. The number of nitrogens with one attached hydrogen (secondary N) is 2. The number of thioether (sulfide) groups is 1. The zero-order valence-electron chi connectivity index (χ0n) is 20.8. The van der Waals surface area contributed by atoms with Gasteiger partial charge in [0.15, 0.2) is 0 Å². The molecule has 36 heavy (non-hydrogen) atoms. The van der Waals surface area contributed by atoms with Gasteiger partial charge in [0.1, 0.15) is 17.5 Å². The molecule has 3 aromatic rings. The number of ether oxygens (including phenoxy) is 2. The van der Waals surface area contributed by atoms with Crippen molar-refractivity contribution in [1.82, 2.24) is 14.8 Å². The van der Waals surface area contributed by atoms with Crippen molar-refractivity contribution in [2.24, 2.45) is 0 Å². The van der Waals surface area contributed by atoms with Crippen LogP contribution in [0.5, 0.6) is 11.5 Å². The van der Waals surface area contributed by atoms with E-state index in [0.29, 0.717) is 52.8 Å². The number of nitrogens with zero attached hydrogens (tertiary/aromatic N) is 3. The Morgan fingerprint density at radius 2 is 1.97 bits per heavy atom. The summed E-state index contributed by atoms with van der Waals surface area (Å²) in [5.41, 5.74) is 2.64. The topological polar surface area (TPSA) is 90.3 Å². The lowest BCUT2D eigenvalue weighted by molar-refractivity contribution is -0.113. The monoisotopic (exact) mass is 571 g/mol. The molecule has 1 aliphatic rings. The SMILES string of the molecule is CCCOc1ccc(Br)cc1C1C(C(=O)Nc2ccccc2OCC)=C(C)Nc2nc(SCC)nn21. The number of benzene rings is 2. The number of fused-ring (bicyclic) bond motifs is 1. The highest BCUT2D eigenvalue weighted by Crippen LogP contribution is 2.41. The lowest BCUT2D eigenvalue weighted by atomic mass is 9.94. The van der Waals surface area contributed by atoms with Crippen LogP contribution >= 0.6 is 27.7 Å². The number of anilines is 2. The number of rotatable bonds is 10. The standard InChI is InChI=1S/C26H30BrN5O3S/c1-5-14-35-20-13-12-17(27)15-18(20)23-22(16(4)28-25-30-26(36-7-3)31-32(23)25)24(33)29-19-10-8-9-11-21(19)34-6-2/h8-13,15,23H,5-7,14H2,1-4H3,(H,29,33)(H,28,30,31). The molecule has 8 nitrogen and oxygen atoms in total. The van der Waals surface area contributed by atoms with Gasteiger partial charge in [-0.1, -0.05) is 53.7 Å². The van der Waals surface area contributed by atoms with Crippen LogP contribution in [0, 0.1) is 0 Å². The Bertz CT molecular complexity index is 1280. The fourth-order valence-corrected chi connectivity index (χ4v) is 4.95. The minimum Gasteiger partial charge on any atom is -0.493 e. The van der Waals surface area contributed by atoms with Gasteiger partial charge in [-0.3, -0.25) is 4.79 Å². The summed E-state index contributed by atoms with van der Waals surface area (Å²) in [5.74, 6) is 2.48. The fraction of sp³-hybridized carbons (Fsp3) is 0.346. The highest BCUT2D eigenvalue weighted by molar-refractivity contribution is 9.10. The number of hydrogen-bond donors (Lipinski definition) is 2. The Labute approximate surface area is 224 Å². The van der Waals surface area contributed by atoms with Crippen molar-refractivity contribution < 1.29 is 14.3 Å². The molecule has 0 fully saturated rings. The van der Waals surface area contributed by atoms with Crippen molar-refractivity contribution in [1.29, 1.82) is 0 Å². The molecular formula is C26H30BrN5O3S. The van der Waals surface area contributed by atoms with E-state index in [1.54, 1.807) is 16.4 Å². The van der Waals surface area contributed by atoms with Crippen molar-refractivity contribution in [3.05, 3.63) is 63.8 Å². The molecule has 10 heteroatoms. The van der Waals surface area contributed by atoms with E-state index in [0.717, 1.165) is 22.2 Å². The summed E-state index contributed by atoms with van der Waals surface area (Å²) in [6, 6.07) is 12.7. The molecule has 1 unspecified atom stereocenters. The van der Waals surface area contributed by atoms with Crippen molar-refractivity contribution in [3.8, 4) is 11.5 Å². The van der Waals surface area contributed by atoms with Crippen molar-refractivity contribution in [3.63, 3.8) is 0 Å². The van der Waals surface area contributed by atoms with Gasteiger partial charge in [0, 0.05) is 15.7 Å². The average molecular weight is 573 g/mol. The molecule has 1 aromatic heterocycles. The van der Waals surface area contributed by atoms with Crippen LogP contribution in [0.3, 0.4) is 0 Å². The lowest BCUT2D eigenvalue weighted by Crippen LogP contribution is -2.32. The highest BCUT2D eigenvalue weighted by atomic mass is 79.9. The highest BCUT2D eigenvalue weighted by Gasteiger charge is 2.36. The Morgan fingerprint density at radius 1 is 1.17 bits per heavy atom. The molecular weight excluding hydrogens is 542 g/mol. The van der Waals surface area contributed by atoms with E-state index in [4.69, 9.17) is 14.6 Å². The van der Waals surface area contributed by atoms with Gasteiger partial charge in [0.2, 0.25) is 11.1 Å². The second-order valence-electron chi connectivity index (χ2n) is 8.08. The van der Waals surface area contributed by atoms with E-state index in [1.807, 2.05) is 56.3 Å². The van der Waals surface area contributed by atoms with Crippen LogP contribution in [0.2, 0.25) is 0 Å². The van der Waals surface area contributed by atoms with Crippen molar-refractivity contribution >= 4 is 45.2 Å². The Hall–Kier alpha value is -2.98. The second-order valence-corrected chi connectivity index (χ2v) is 10.2. The zero-order chi connectivity index (χ0) is 25.7. The summed E-state index contributed by atoms with van der Waals surface area (Å²) in [7, 11) is 0. The maximum atomic E-state index is 13.9. The maximum Gasteiger partial charge on any atom is 0.255 e. The minimum atomic E-state index is -0.552. The number of para-hydroxylation sites is 2. The van der Waals surface area contributed by atoms with Gasteiger partial charge >= 0.3 is 0 Å². The molecule has 2 N–H and O–H groups in total. The molecule has 0 bridgehead atoms. The molecule has 4 rings (SSSR count). The fourth-order valence-electron chi connectivity index (χ4n) is 4.02. The molecule has 0 saturated heterocycles. The lowest BCUT2D eigenvalue weighted by Gasteiger charge is -2.30. The number of amides is 1. The summed E-state index contributed by atoms with van der Waals surface area (Å²) >= 11 is 5.15. The molecule has 190 valence electrons. The summed E-state index contributed by atoms with van der Waals surface area (Å²) in [5, 5.41) is 11.7. The molecule has 0 aliphatic carbocycles. The first kappa shape index (κ1) is 26.1. The third-order valence-electron chi connectivity index (χ3n) is 5.51. The molecule has 1 aliphatic heterocycles. The van der Waals surface area contributed by atoms with Gasteiger partial charge < -0.3 is 20.1 Å². The first-order valence-corrected chi connectivity index (χ1v) is 13.8. The normalized spacial score (nSPS) is 14.8. The molecule has 0 saturated carbocycles. The maximum absolute atomic E-state index is 13.9. The first-order chi connectivity index (χ1) is 17.5. The molecule has 0 radical (unpaired) electrons. The number of halogens is 1. The van der Waals surface area contributed by atoms with Gasteiger partial charge in [-0.2, -0.15) is 4.98 Å². The van der Waals surface area contributed by atoms with E-state index in [1.165, 1.54) is 0 Å². The molecule has 2 heterocycles. The van der Waals surface area contributed by atoms with Gasteiger partial charge in [-0.25, -0.2) is 4.68 Å². The molecule has 1 amide bonds. The number of carbonyl (C=O) groups excluding carboxylic acids is 1. The van der Waals surface area contributed by atoms with Crippen LogP contribution < -0.4 is 20.1 Å². The van der Waals surface area contributed by atoms with E-state index < -0.39 is 6.04 Å². The van der Waals surface area contributed by atoms with Crippen LogP contribution in [0.15, 0.2) is 63.4 Å². The molecule has 2 aromatic carbocycles. The van der Waals surface area contributed by atoms with Crippen molar-refractivity contribution in [2.75, 3.05) is 29.6 Å². The minimum absolute atomic E-state index is 0.260. The third-order valence-corrected chi connectivity index (χ3v) is 6.73. The number of hydrogen-bond acceptors (Lipinski definition) is 7. The number of allylic oxidation sites excluding steroid dienone is 1. The van der Waals surface area contributed by atoms with Gasteiger partial charge in [0.05, 0.1) is 24.5 Å². The van der Waals surface area contributed by atoms with Crippen LogP contribution in [-0.4, -0.2) is 39.6 Å². The van der Waals surface area contributed by atoms with Gasteiger partial charge in [-0.15, -0.1) is 5.10 Å². The van der Waals surface area contributed by atoms with E-state index in [2.05, 4.69) is 45.4 Å². The van der Waals surface area contributed by atoms with Gasteiger partial charge in [-0.05, 0) is 56.4 Å². The Balaban J connectivity index is 1.83. The van der Waals surface area contributed by atoms with Crippen molar-refractivity contribution in [2.45, 2.75) is 45.3 Å².